The van der Waals surface area contributed by atoms with Gasteiger partial charge in [0.1, 0.15) is 12.4 Å². The molecule has 0 radical (unpaired) electrons. The number of benzene rings is 3. The summed E-state index contributed by atoms with van der Waals surface area (Å²) in [5.41, 5.74) is 4.30. The normalized spacial score (nSPS) is 10.8. The lowest BCUT2D eigenvalue weighted by Gasteiger charge is -2.10. The standard InChI is InChI=1S/C24H20Cl3N3O3/c25-18-9-10-22(33-15-16-5-1-2-6-19(16)26)17(13-18)14-28-30-24(32)12-11-23(31)29-21-8-4-3-7-20(21)27/h1-10,13-14H,11-12,15H2,(H,29,31)(H,30,32). The number of anilines is 1. The Kier molecular flexibility index (Phi) is 9.13. The van der Waals surface area contributed by atoms with Crippen molar-refractivity contribution in [3.8, 4) is 5.75 Å². The van der Waals surface area contributed by atoms with Gasteiger partial charge in [-0.2, -0.15) is 5.10 Å². The number of amides is 2. The predicted molar refractivity (Wildman–Crippen MR) is 132 cm³/mol. The highest BCUT2D eigenvalue weighted by Crippen LogP contribution is 2.24. The molecule has 0 atom stereocenters. The number of ether oxygens (including phenoxy) is 1. The fourth-order valence-electron chi connectivity index (χ4n) is 2.75. The monoisotopic (exact) mass is 503 g/mol. The molecule has 0 fully saturated rings. The zero-order valence-corrected chi connectivity index (χ0v) is 19.6. The molecule has 0 unspecified atom stereocenters. The molecular formula is C24H20Cl3N3O3. The molecule has 3 rings (SSSR count). The Balaban J connectivity index is 1.52. The van der Waals surface area contributed by atoms with E-state index >= 15 is 0 Å². The number of nitrogens with one attached hydrogen (secondary N) is 2. The molecule has 0 aliphatic heterocycles. The van der Waals surface area contributed by atoms with Gasteiger partial charge in [-0.1, -0.05) is 65.1 Å². The summed E-state index contributed by atoms with van der Waals surface area (Å²) in [6, 6.07) is 19.3. The molecule has 9 heteroatoms. The van der Waals surface area contributed by atoms with Crippen molar-refractivity contribution in [2.45, 2.75) is 19.4 Å². The van der Waals surface area contributed by atoms with Crippen molar-refractivity contribution in [2.24, 2.45) is 5.10 Å². The summed E-state index contributed by atoms with van der Waals surface area (Å²) >= 11 is 18.3. The first-order valence-corrected chi connectivity index (χ1v) is 11.1. The topological polar surface area (TPSA) is 79.8 Å². The number of carbonyl (C=O) groups is 2. The van der Waals surface area contributed by atoms with Crippen LogP contribution in [0.5, 0.6) is 5.75 Å². The summed E-state index contributed by atoms with van der Waals surface area (Å²) in [7, 11) is 0. The Morgan fingerprint density at radius 2 is 1.58 bits per heavy atom. The molecule has 0 aromatic heterocycles. The molecule has 0 heterocycles. The number of para-hydroxylation sites is 1. The van der Waals surface area contributed by atoms with Gasteiger partial charge in [0.15, 0.2) is 0 Å². The average Bonchev–Trinajstić information content (AvgIpc) is 2.80. The molecule has 2 amide bonds. The van der Waals surface area contributed by atoms with E-state index in [0.29, 0.717) is 32.1 Å². The molecule has 0 aliphatic carbocycles. The van der Waals surface area contributed by atoms with Crippen LogP contribution in [0.3, 0.4) is 0 Å². The molecule has 0 spiro atoms. The van der Waals surface area contributed by atoms with Crippen LogP contribution in [-0.2, 0) is 16.2 Å². The Morgan fingerprint density at radius 1 is 0.879 bits per heavy atom. The van der Waals surface area contributed by atoms with Crippen molar-refractivity contribution in [1.82, 2.24) is 5.43 Å². The van der Waals surface area contributed by atoms with E-state index in [4.69, 9.17) is 39.5 Å². The molecule has 33 heavy (non-hydrogen) atoms. The van der Waals surface area contributed by atoms with Gasteiger partial charge in [-0.05, 0) is 36.4 Å². The summed E-state index contributed by atoms with van der Waals surface area (Å²) in [5, 5.41) is 8.13. The highest BCUT2D eigenvalue weighted by atomic mass is 35.5. The lowest BCUT2D eigenvalue weighted by atomic mass is 10.2. The number of rotatable bonds is 9. The summed E-state index contributed by atoms with van der Waals surface area (Å²) in [5.74, 6) is -0.218. The first kappa shape index (κ1) is 24.6. The van der Waals surface area contributed by atoms with E-state index in [1.807, 2.05) is 18.2 Å². The maximum Gasteiger partial charge on any atom is 0.240 e. The summed E-state index contributed by atoms with van der Waals surface area (Å²) in [6.45, 7) is 0.259. The molecule has 2 N–H and O–H groups in total. The van der Waals surface area contributed by atoms with Gasteiger partial charge in [-0.3, -0.25) is 9.59 Å². The number of hydrogen-bond acceptors (Lipinski definition) is 4. The van der Waals surface area contributed by atoms with Crippen LogP contribution in [0.25, 0.3) is 0 Å². The second kappa shape index (κ2) is 12.3. The Labute approximate surface area is 206 Å². The molecule has 0 bridgehead atoms. The Hall–Kier alpha value is -3.06. The molecule has 3 aromatic carbocycles. The van der Waals surface area contributed by atoms with Gasteiger partial charge in [0.25, 0.3) is 0 Å². The van der Waals surface area contributed by atoms with E-state index in [2.05, 4.69) is 15.8 Å². The minimum absolute atomic E-state index is 0.0179. The van der Waals surface area contributed by atoms with E-state index in [-0.39, 0.29) is 25.4 Å². The van der Waals surface area contributed by atoms with Crippen LogP contribution < -0.4 is 15.5 Å². The van der Waals surface area contributed by atoms with Gasteiger partial charge in [0.2, 0.25) is 11.8 Å². The summed E-state index contributed by atoms with van der Waals surface area (Å²) in [4.78, 5) is 24.1. The zero-order chi connectivity index (χ0) is 23.6. The quantitative estimate of drug-likeness (QED) is 0.273. The third-order valence-electron chi connectivity index (χ3n) is 4.43. The van der Waals surface area contributed by atoms with Crippen LogP contribution >= 0.6 is 34.8 Å². The SMILES string of the molecule is O=C(CCC(=O)Nc1ccccc1Cl)NN=Cc1cc(Cl)ccc1OCc1ccccc1Cl. The van der Waals surface area contributed by atoms with Crippen molar-refractivity contribution in [2.75, 3.05) is 5.32 Å². The van der Waals surface area contributed by atoms with Crippen molar-refractivity contribution < 1.29 is 14.3 Å². The minimum Gasteiger partial charge on any atom is -0.488 e. The van der Waals surface area contributed by atoms with Crippen LogP contribution in [0.2, 0.25) is 15.1 Å². The fraction of sp³-hybridized carbons (Fsp3) is 0.125. The van der Waals surface area contributed by atoms with Gasteiger partial charge >= 0.3 is 0 Å². The number of carbonyl (C=O) groups excluding carboxylic acids is 2. The maximum absolute atomic E-state index is 12.1. The Bertz CT molecular complexity index is 1170. The third-order valence-corrected chi connectivity index (χ3v) is 5.37. The summed E-state index contributed by atoms with van der Waals surface area (Å²) < 4.78 is 5.85. The van der Waals surface area contributed by atoms with E-state index in [0.717, 1.165) is 5.56 Å². The largest absolute Gasteiger partial charge is 0.488 e. The van der Waals surface area contributed by atoms with Gasteiger partial charge < -0.3 is 10.1 Å². The molecule has 3 aromatic rings. The maximum atomic E-state index is 12.1. The van der Waals surface area contributed by atoms with Crippen molar-refractivity contribution in [1.29, 1.82) is 0 Å². The molecule has 0 saturated heterocycles. The van der Waals surface area contributed by atoms with Gasteiger partial charge in [-0.15, -0.1) is 0 Å². The number of halogens is 3. The highest BCUT2D eigenvalue weighted by molar-refractivity contribution is 6.33. The number of nitrogens with zero attached hydrogens (tertiary/aromatic N) is 1. The van der Waals surface area contributed by atoms with Crippen LogP contribution in [0, 0.1) is 0 Å². The molecule has 0 saturated carbocycles. The number of hydrazone groups is 1. The van der Waals surface area contributed by atoms with Crippen LogP contribution in [0.4, 0.5) is 5.69 Å². The lowest BCUT2D eigenvalue weighted by molar-refractivity contribution is -0.124. The molecular weight excluding hydrogens is 485 g/mol. The highest BCUT2D eigenvalue weighted by Gasteiger charge is 2.09. The van der Waals surface area contributed by atoms with E-state index in [1.54, 1.807) is 48.5 Å². The number of hydrogen-bond donors (Lipinski definition) is 2. The van der Waals surface area contributed by atoms with Gasteiger partial charge in [0.05, 0.1) is 16.9 Å². The average molecular weight is 505 g/mol. The van der Waals surface area contributed by atoms with E-state index in [9.17, 15) is 9.59 Å². The van der Waals surface area contributed by atoms with Crippen LogP contribution in [0.15, 0.2) is 71.8 Å². The van der Waals surface area contributed by atoms with Gasteiger partial charge in [0, 0.05) is 34.0 Å². The second-order valence-electron chi connectivity index (χ2n) is 6.88. The Morgan fingerprint density at radius 3 is 2.33 bits per heavy atom. The van der Waals surface area contributed by atoms with Crippen molar-refractivity contribution in [3.63, 3.8) is 0 Å². The first-order valence-electron chi connectivity index (χ1n) is 9.94. The first-order chi connectivity index (χ1) is 15.9. The van der Waals surface area contributed by atoms with Crippen LogP contribution in [0.1, 0.15) is 24.0 Å². The smallest absolute Gasteiger partial charge is 0.240 e. The zero-order valence-electron chi connectivity index (χ0n) is 17.4. The molecule has 0 aliphatic rings. The molecule has 6 nitrogen and oxygen atoms in total. The van der Waals surface area contributed by atoms with Crippen molar-refractivity contribution >= 4 is 58.5 Å². The third kappa shape index (κ3) is 7.79. The minimum atomic E-state index is -0.416. The van der Waals surface area contributed by atoms with E-state index < -0.39 is 5.91 Å². The van der Waals surface area contributed by atoms with Crippen molar-refractivity contribution in [3.05, 3.63) is 92.9 Å². The fourth-order valence-corrected chi connectivity index (χ4v) is 3.31. The van der Waals surface area contributed by atoms with E-state index in [1.165, 1.54) is 6.21 Å². The molecule has 170 valence electrons. The second-order valence-corrected chi connectivity index (χ2v) is 8.13. The predicted octanol–water partition coefficient (Wildman–Crippen LogP) is 6.09. The lowest BCUT2D eigenvalue weighted by Crippen LogP contribution is -2.20. The summed E-state index contributed by atoms with van der Waals surface area (Å²) in [6.07, 6.45) is 1.37. The van der Waals surface area contributed by atoms with Gasteiger partial charge in [-0.25, -0.2) is 5.43 Å². The van der Waals surface area contributed by atoms with Crippen LogP contribution in [-0.4, -0.2) is 18.0 Å².